The van der Waals surface area contributed by atoms with Crippen molar-refractivity contribution in [3.63, 3.8) is 0 Å². The van der Waals surface area contributed by atoms with Gasteiger partial charge >= 0.3 is 6.18 Å². The molecule has 0 spiro atoms. The van der Waals surface area contributed by atoms with E-state index in [1.807, 2.05) is 11.0 Å². The Bertz CT molecular complexity index is 1080. The van der Waals surface area contributed by atoms with E-state index in [2.05, 4.69) is 26.8 Å². The molecule has 40 heavy (non-hydrogen) atoms. The summed E-state index contributed by atoms with van der Waals surface area (Å²) in [5, 5.41) is 8.94. The topological polar surface area (TPSA) is 114 Å². The van der Waals surface area contributed by atoms with Crippen LogP contribution in [-0.4, -0.2) is 97.3 Å². The van der Waals surface area contributed by atoms with E-state index >= 15 is 0 Å². The maximum atomic E-state index is 13.5. The van der Waals surface area contributed by atoms with Crippen LogP contribution in [0, 0.1) is 29.1 Å². The minimum absolute atomic E-state index is 0.00865. The zero-order valence-corrected chi connectivity index (χ0v) is 22.4. The fraction of sp³-hybridized carbons (Fsp3) is 0.704. The molecule has 4 heterocycles. The number of hydrazine groups is 1. The Morgan fingerprint density at radius 2 is 1.85 bits per heavy atom. The number of likely N-dealkylation sites (tertiary alicyclic amines) is 1. The van der Waals surface area contributed by atoms with Gasteiger partial charge < -0.3 is 14.5 Å². The van der Waals surface area contributed by atoms with E-state index in [4.69, 9.17) is 10.00 Å². The number of piperazine rings is 1. The second kappa shape index (κ2) is 12.3. The number of nitriles is 1. The van der Waals surface area contributed by atoms with Crippen molar-refractivity contribution < 1.29 is 27.5 Å². The molecule has 4 fully saturated rings. The maximum Gasteiger partial charge on any atom is 0.402 e. The van der Waals surface area contributed by atoms with Gasteiger partial charge in [-0.05, 0) is 56.7 Å². The number of amides is 2. The van der Waals surface area contributed by atoms with Crippen LogP contribution in [0.15, 0.2) is 18.3 Å². The van der Waals surface area contributed by atoms with Crippen molar-refractivity contribution in [3.8, 4) is 6.07 Å². The number of alkyl halides is 3. The van der Waals surface area contributed by atoms with Crippen LogP contribution in [0.25, 0.3) is 0 Å². The standard InChI is InChI=1S/C27H36F3N7O3/c28-27(29,30)24-22(15-33-34-25(24)38)37-8-7-19(16-37)17-40-21-4-2-20(3-5-21)26(39)36-11-9-35(10-12-36)23-6-1-18(13-31)14-32-23/h1,6,14,19-22,24,33H,2-5,7-12,15-17H2,(H,34,38). The summed E-state index contributed by atoms with van der Waals surface area (Å²) in [5.74, 6) is -1.93. The molecule has 1 saturated carbocycles. The normalized spacial score (nSPS) is 30.1. The molecule has 4 aliphatic rings. The molecule has 1 aromatic rings. The first-order chi connectivity index (χ1) is 19.2. The van der Waals surface area contributed by atoms with Crippen LogP contribution >= 0.6 is 0 Å². The molecular formula is C27H36F3N7O3. The van der Waals surface area contributed by atoms with Gasteiger partial charge in [0.2, 0.25) is 11.8 Å². The van der Waals surface area contributed by atoms with E-state index in [1.165, 1.54) is 0 Å². The smallest absolute Gasteiger partial charge is 0.378 e. The zero-order chi connectivity index (χ0) is 28.3. The van der Waals surface area contributed by atoms with Crippen LogP contribution in [0.5, 0.6) is 0 Å². The highest BCUT2D eigenvalue weighted by molar-refractivity contribution is 5.80. The van der Waals surface area contributed by atoms with Crippen molar-refractivity contribution >= 4 is 17.6 Å². The molecule has 0 radical (unpaired) electrons. The lowest BCUT2D eigenvalue weighted by Crippen LogP contribution is -2.64. The Morgan fingerprint density at radius 3 is 2.50 bits per heavy atom. The minimum atomic E-state index is -4.59. The number of hydrogen-bond acceptors (Lipinski definition) is 8. The predicted molar refractivity (Wildman–Crippen MR) is 139 cm³/mol. The number of anilines is 1. The van der Waals surface area contributed by atoms with Gasteiger partial charge in [-0.15, -0.1) is 0 Å². The van der Waals surface area contributed by atoms with Gasteiger partial charge in [0, 0.05) is 57.4 Å². The molecule has 3 aliphatic heterocycles. The lowest BCUT2D eigenvalue weighted by Gasteiger charge is -2.38. The molecular weight excluding hydrogens is 527 g/mol. The first kappa shape index (κ1) is 28.6. The molecule has 3 unspecified atom stereocenters. The molecule has 10 nitrogen and oxygen atoms in total. The molecule has 0 aromatic carbocycles. The molecule has 1 aromatic heterocycles. The van der Waals surface area contributed by atoms with Gasteiger partial charge in [-0.2, -0.15) is 18.4 Å². The highest BCUT2D eigenvalue weighted by atomic mass is 19.4. The zero-order valence-electron chi connectivity index (χ0n) is 22.4. The summed E-state index contributed by atoms with van der Waals surface area (Å²) in [6.07, 6.45) is 0.908. The summed E-state index contributed by atoms with van der Waals surface area (Å²) in [6.45, 7) is 4.21. The summed E-state index contributed by atoms with van der Waals surface area (Å²) in [5.41, 5.74) is 5.23. The number of nitrogens with one attached hydrogen (secondary N) is 2. The fourth-order valence-corrected chi connectivity index (χ4v) is 6.42. The minimum Gasteiger partial charge on any atom is -0.378 e. The monoisotopic (exact) mass is 563 g/mol. The summed E-state index contributed by atoms with van der Waals surface area (Å²) >= 11 is 0. The second-order valence-corrected chi connectivity index (χ2v) is 11.2. The van der Waals surface area contributed by atoms with Crippen LogP contribution in [0.2, 0.25) is 0 Å². The summed E-state index contributed by atoms with van der Waals surface area (Å²) in [7, 11) is 0. The Morgan fingerprint density at radius 1 is 1.10 bits per heavy atom. The molecule has 3 atom stereocenters. The van der Waals surface area contributed by atoms with Gasteiger partial charge in [-0.25, -0.2) is 10.4 Å². The Kier molecular flexibility index (Phi) is 8.77. The number of nitrogens with zero attached hydrogens (tertiary/aromatic N) is 5. The van der Waals surface area contributed by atoms with Crippen molar-refractivity contribution in [1.82, 2.24) is 25.6 Å². The van der Waals surface area contributed by atoms with Crippen molar-refractivity contribution in [1.29, 1.82) is 5.26 Å². The molecule has 2 amide bonds. The van der Waals surface area contributed by atoms with Gasteiger partial charge in [-0.1, -0.05) is 0 Å². The van der Waals surface area contributed by atoms with E-state index < -0.39 is 24.0 Å². The van der Waals surface area contributed by atoms with Crippen LogP contribution in [0.4, 0.5) is 19.0 Å². The SMILES string of the molecule is N#Cc1ccc(N2CCN(C(=O)C3CCC(OCC4CCN(C5CNNC(=O)C5C(F)(F)F)C4)CC3)CC2)nc1. The third-order valence-electron chi connectivity index (χ3n) is 8.71. The Hall–Kier alpha value is -2.95. The van der Waals surface area contributed by atoms with Crippen molar-refractivity contribution in [2.75, 3.05) is 57.3 Å². The molecule has 3 saturated heterocycles. The first-order valence-electron chi connectivity index (χ1n) is 14.1. The van der Waals surface area contributed by atoms with Crippen LogP contribution in [-0.2, 0) is 14.3 Å². The second-order valence-electron chi connectivity index (χ2n) is 11.2. The molecule has 13 heteroatoms. The van der Waals surface area contributed by atoms with Crippen LogP contribution in [0.3, 0.4) is 0 Å². The summed E-state index contributed by atoms with van der Waals surface area (Å²) < 4.78 is 46.7. The largest absolute Gasteiger partial charge is 0.402 e. The number of ether oxygens (including phenoxy) is 1. The number of rotatable bonds is 6. The van der Waals surface area contributed by atoms with Gasteiger partial charge in [-0.3, -0.25) is 19.9 Å². The molecule has 5 rings (SSSR count). The highest BCUT2D eigenvalue weighted by Gasteiger charge is 2.53. The maximum absolute atomic E-state index is 13.5. The van der Waals surface area contributed by atoms with Gasteiger partial charge in [0.1, 0.15) is 11.9 Å². The lowest BCUT2D eigenvalue weighted by molar-refractivity contribution is -0.199. The van der Waals surface area contributed by atoms with Crippen molar-refractivity contribution in [3.05, 3.63) is 23.9 Å². The van der Waals surface area contributed by atoms with Crippen LogP contribution in [0.1, 0.15) is 37.7 Å². The van der Waals surface area contributed by atoms with E-state index in [9.17, 15) is 22.8 Å². The molecule has 0 bridgehead atoms. The third kappa shape index (κ3) is 6.50. The van der Waals surface area contributed by atoms with E-state index in [0.717, 1.165) is 37.9 Å². The number of carbonyl (C=O) groups excluding carboxylic acids is 2. The highest BCUT2D eigenvalue weighted by Crippen LogP contribution is 2.35. The van der Waals surface area contributed by atoms with E-state index in [-0.39, 0.29) is 30.4 Å². The molecule has 2 N–H and O–H groups in total. The number of aromatic nitrogens is 1. The third-order valence-corrected chi connectivity index (χ3v) is 8.71. The van der Waals surface area contributed by atoms with Crippen LogP contribution < -0.4 is 15.8 Å². The van der Waals surface area contributed by atoms with Crippen molar-refractivity contribution in [2.45, 2.75) is 50.4 Å². The number of pyridine rings is 1. The fourth-order valence-electron chi connectivity index (χ4n) is 6.42. The Labute approximate surface area is 231 Å². The summed E-state index contributed by atoms with van der Waals surface area (Å²) in [6, 6.07) is 4.74. The van der Waals surface area contributed by atoms with E-state index in [1.54, 1.807) is 17.2 Å². The average Bonchev–Trinajstić information content (AvgIpc) is 3.44. The number of carbonyl (C=O) groups is 2. The van der Waals surface area contributed by atoms with Crippen molar-refractivity contribution in [2.24, 2.45) is 17.8 Å². The average molecular weight is 564 g/mol. The quantitative estimate of drug-likeness (QED) is 0.538. The lowest BCUT2D eigenvalue weighted by atomic mass is 9.86. The number of hydrogen-bond donors (Lipinski definition) is 2. The molecule has 1 aliphatic carbocycles. The van der Waals surface area contributed by atoms with E-state index in [0.29, 0.717) is 51.4 Å². The first-order valence-corrected chi connectivity index (χ1v) is 14.1. The summed E-state index contributed by atoms with van der Waals surface area (Å²) in [4.78, 5) is 35.2. The molecule has 218 valence electrons. The van der Waals surface area contributed by atoms with Gasteiger partial charge in [0.25, 0.3) is 0 Å². The Balaban J connectivity index is 1.02. The predicted octanol–water partition coefficient (Wildman–Crippen LogP) is 1.68. The number of halogens is 3. The van der Waals surface area contributed by atoms with Gasteiger partial charge in [0.05, 0.1) is 18.3 Å². The van der Waals surface area contributed by atoms with Gasteiger partial charge in [0.15, 0.2) is 5.92 Å².